The molecule has 1 fully saturated rings. The highest BCUT2D eigenvalue weighted by Crippen LogP contribution is 2.35. The van der Waals surface area contributed by atoms with Gasteiger partial charge in [-0.1, -0.05) is 30.3 Å². The van der Waals surface area contributed by atoms with Crippen LogP contribution in [0, 0.1) is 6.92 Å². The van der Waals surface area contributed by atoms with Crippen LogP contribution in [0.1, 0.15) is 24.0 Å². The summed E-state index contributed by atoms with van der Waals surface area (Å²) in [6.45, 7) is 2.12. The van der Waals surface area contributed by atoms with E-state index in [0.717, 1.165) is 5.56 Å². The van der Waals surface area contributed by atoms with Crippen molar-refractivity contribution < 1.29 is 22.7 Å². The SMILES string of the molecule is Cc1cc2c(cc1S(=O)(=O)N1CCC[C@H]1C(=O)NCc1ccccc1)OCC(=O)N2. The normalized spacial score (nSPS) is 19.0. The molecule has 158 valence electrons. The first kappa shape index (κ1) is 20.4. The maximum absolute atomic E-state index is 13.4. The monoisotopic (exact) mass is 429 g/mol. The Balaban J connectivity index is 1.56. The number of nitrogens with one attached hydrogen (secondary N) is 2. The Hall–Kier alpha value is -2.91. The van der Waals surface area contributed by atoms with Gasteiger partial charge in [0.15, 0.2) is 6.61 Å². The molecule has 0 unspecified atom stereocenters. The smallest absolute Gasteiger partial charge is 0.262 e. The number of fused-ring (bicyclic) bond motifs is 1. The number of amides is 2. The average molecular weight is 429 g/mol. The van der Waals surface area contributed by atoms with Crippen LogP contribution in [0.25, 0.3) is 0 Å². The van der Waals surface area contributed by atoms with Gasteiger partial charge in [0.1, 0.15) is 11.8 Å². The van der Waals surface area contributed by atoms with Gasteiger partial charge < -0.3 is 15.4 Å². The largest absolute Gasteiger partial charge is 0.482 e. The van der Waals surface area contributed by atoms with Crippen LogP contribution in [0.15, 0.2) is 47.4 Å². The lowest BCUT2D eigenvalue weighted by Gasteiger charge is -2.26. The third-order valence-corrected chi connectivity index (χ3v) is 7.36. The predicted octanol–water partition coefficient (Wildman–Crippen LogP) is 1.80. The van der Waals surface area contributed by atoms with E-state index < -0.39 is 16.1 Å². The van der Waals surface area contributed by atoms with E-state index in [0.29, 0.717) is 36.4 Å². The van der Waals surface area contributed by atoms with E-state index in [1.165, 1.54) is 10.4 Å². The lowest BCUT2D eigenvalue weighted by Crippen LogP contribution is -2.45. The summed E-state index contributed by atoms with van der Waals surface area (Å²) in [6.07, 6.45) is 1.08. The quantitative estimate of drug-likeness (QED) is 0.754. The van der Waals surface area contributed by atoms with Crippen molar-refractivity contribution in [1.29, 1.82) is 0 Å². The molecule has 0 spiro atoms. The van der Waals surface area contributed by atoms with Crippen molar-refractivity contribution >= 4 is 27.5 Å². The van der Waals surface area contributed by atoms with Crippen LogP contribution in [0.5, 0.6) is 5.75 Å². The molecular weight excluding hydrogens is 406 g/mol. The first-order valence-corrected chi connectivity index (χ1v) is 11.2. The first-order chi connectivity index (χ1) is 14.4. The molecule has 2 aliphatic rings. The molecular formula is C21H23N3O5S. The third-order valence-electron chi connectivity index (χ3n) is 5.31. The number of hydrogen-bond acceptors (Lipinski definition) is 5. The molecule has 0 radical (unpaired) electrons. The summed E-state index contributed by atoms with van der Waals surface area (Å²) in [7, 11) is -3.91. The molecule has 1 saturated heterocycles. The van der Waals surface area contributed by atoms with Crippen LogP contribution < -0.4 is 15.4 Å². The molecule has 0 aromatic heterocycles. The van der Waals surface area contributed by atoms with Crippen molar-refractivity contribution in [2.75, 3.05) is 18.5 Å². The fraction of sp³-hybridized carbons (Fsp3) is 0.333. The number of nitrogens with zero attached hydrogens (tertiary/aromatic N) is 1. The summed E-state index contributed by atoms with van der Waals surface area (Å²) in [5.41, 5.74) is 1.87. The molecule has 2 N–H and O–H groups in total. The summed E-state index contributed by atoms with van der Waals surface area (Å²) in [4.78, 5) is 24.4. The van der Waals surface area contributed by atoms with Gasteiger partial charge in [-0.25, -0.2) is 8.42 Å². The fourth-order valence-corrected chi connectivity index (χ4v) is 5.69. The minimum atomic E-state index is -3.91. The van der Waals surface area contributed by atoms with E-state index in [4.69, 9.17) is 4.74 Å². The maximum atomic E-state index is 13.4. The number of sulfonamides is 1. The van der Waals surface area contributed by atoms with Crippen LogP contribution in [0.4, 0.5) is 5.69 Å². The zero-order chi connectivity index (χ0) is 21.3. The highest BCUT2D eigenvalue weighted by molar-refractivity contribution is 7.89. The van der Waals surface area contributed by atoms with Gasteiger partial charge in [-0.2, -0.15) is 4.31 Å². The van der Waals surface area contributed by atoms with E-state index in [2.05, 4.69) is 10.6 Å². The first-order valence-electron chi connectivity index (χ1n) is 9.77. The van der Waals surface area contributed by atoms with Crippen molar-refractivity contribution in [1.82, 2.24) is 9.62 Å². The molecule has 2 aromatic rings. The number of rotatable bonds is 5. The Morgan fingerprint density at radius 1 is 1.27 bits per heavy atom. The van der Waals surface area contributed by atoms with Gasteiger partial charge in [0.2, 0.25) is 15.9 Å². The molecule has 0 bridgehead atoms. The van der Waals surface area contributed by atoms with E-state index in [1.54, 1.807) is 13.0 Å². The highest BCUT2D eigenvalue weighted by Gasteiger charge is 2.40. The standard InChI is InChI=1S/C21H23N3O5S/c1-14-10-16-18(29-13-20(25)23-16)11-19(14)30(27,28)24-9-5-8-17(24)21(26)22-12-15-6-3-2-4-7-15/h2-4,6-7,10-11,17H,5,8-9,12-13H2,1H3,(H,22,26)(H,23,25)/t17-/m0/s1. The minimum absolute atomic E-state index is 0.0835. The molecule has 1 atom stereocenters. The fourth-order valence-electron chi connectivity index (χ4n) is 3.81. The van der Waals surface area contributed by atoms with Crippen LogP contribution in [-0.4, -0.2) is 43.7 Å². The average Bonchev–Trinajstić information content (AvgIpc) is 3.23. The van der Waals surface area contributed by atoms with Crippen molar-refractivity contribution in [3.63, 3.8) is 0 Å². The van der Waals surface area contributed by atoms with Crippen molar-refractivity contribution in [3.05, 3.63) is 53.6 Å². The van der Waals surface area contributed by atoms with Crippen molar-refractivity contribution in [2.45, 2.75) is 37.2 Å². The molecule has 2 aromatic carbocycles. The van der Waals surface area contributed by atoms with E-state index in [1.807, 2.05) is 30.3 Å². The van der Waals surface area contributed by atoms with E-state index >= 15 is 0 Å². The van der Waals surface area contributed by atoms with Gasteiger partial charge in [-0.3, -0.25) is 9.59 Å². The molecule has 0 aliphatic carbocycles. The Morgan fingerprint density at radius 3 is 2.80 bits per heavy atom. The molecule has 2 amide bonds. The van der Waals surface area contributed by atoms with Gasteiger partial charge in [-0.15, -0.1) is 0 Å². The number of carbonyl (C=O) groups is 2. The summed E-state index contributed by atoms with van der Waals surface area (Å²) < 4.78 is 33.4. The minimum Gasteiger partial charge on any atom is -0.482 e. The second-order valence-electron chi connectivity index (χ2n) is 7.43. The van der Waals surface area contributed by atoms with E-state index in [9.17, 15) is 18.0 Å². The Kier molecular flexibility index (Phi) is 5.48. The number of ether oxygens (including phenoxy) is 1. The van der Waals surface area contributed by atoms with Gasteiger partial charge in [0.25, 0.3) is 5.91 Å². The molecule has 0 saturated carbocycles. The molecule has 30 heavy (non-hydrogen) atoms. The molecule has 4 rings (SSSR count). The Bertz CT molecular complexity index is 1090. The van der Waals surface area contributed by atoms with Gasteiger partial charge in [0, 0.05) is 19.2 Å². The van der Waals surface area contributed by atoms with E-state index in [-0.39, 0.29) is 29.9 Å². The second kappa shape index (κ2) is 8.08. The Labute approximate surface area is 175 Å². The van der Waals surface area contributed by atoms with Crippen molar-refractivity contribution in [2.24, 2.45) is 0 Å². The molecule has 9 heteroatoms. The van der Waals surface area contributed by atoms with Crippen LogP contribution in [0.2, 0.25) is 0 Å². The summed E-state index contributed by atoms with van der Waals surface area (Å²) in [6, 6.07) is 11.7. The predicted molar refractivity (Wildman–Crippen MR) is 111 cm³/mol. The number of aryl methyl sites for hydroxylation is 1. The second-order valence-corrected chi connectivity index (χ2v) is 9.29. The number of benzene rings is 2. The van der Waals surface area contributed by atoms with Gasteiger partial charge in [-0.05, 0) is 37.0 Å². The number of hydrogen-bond donors (Lipinski definition) is 2. The van der Waals surface area contributed by atoms with Crippen LogP contribution in [0.3, 0.4) is 0 Å². The lowest BCUT2D eigenvalue weighted by atomic mass is 10.2. The topological polar surface area (TPSA) is 105 Å². The number of carbonyl (C=O) groups excluding carboxylic acids is 2. The maximum Gasteiger partial charge on any atom is 0.262 e. The Morgan fingerprint density at radius 2 is 2.03 bits per heavy atom. The highest BCUT2D eigenvalue weighted by atomic mass is 32.2. The third kappa shape index (κ3) is 3.90. The van der Waals surface area contributed by atoms with Crippen molar-refractivity contribution in [3.8, 4) is 5.75 Å². The van der Waals surface area contributed by atoms with Crippen LogP contribution >= 0.6 is 0 Å². The summed E-state index contributed by atoms with van der Waals surface area (Å²) in [5, 5.41) is 5.52. The summed E-state index contributed by atoms with van der Waals surface area (Å²) >= 11 is 0. The van der Waals surface area contributed by atoms with Gasteiger partial charge >= 0.3 is 0 Å². The zero-order valence-corrected chi connectivity index (χ0v) is 17.4. The van der Waals surface area contributed by atoms with Gasteiger partial charge in [0.05, 0.1) is 10.6 Å². The van der Waals surface area contributed by atoms with Crippen LogP contribution in [-0.2, 0) is 26.2 Å². The summed E-state index contributed by atoms with van der Waals surface area (Å²) in [5.74, 6) is -0.283. The molecule has 2 heterocycles. The zero-order valence-electron chi connectivity index (χ0n) is 16.6. The number of anilines is 1. The lowest BCUT2D eigenvalue weighted by molar-refractivity contribution is -0.124. The molecule has 8 nitrogen and oxygen atoms in total. The molecule has 2 aliphatic heterocycles.